The summed E-state index contributed by atoms with van der Waals surface area (Å²) < 4.78 is 6.62. The molecule has 0 aliphatic heterocycles. The summed E-state index contributed by atoms with van der Waals surface area (Å²) >= 11 is 3.55. The number of ether oxygens (including phenoxy) is 1. The van der Waals surface area contributed by atoms with Crippen molar-refractivity contribution in [2.24, 2.45) is 5.92 Å². The standard InChI is InChI=1S/C14H20BrNO/c1-4-7-17-13-5-6-14(15)12(8-13)10-16-9-11(2)3/h4-6,8,11,16H,1,7,9-10H2,2-3H3. The van der Waals surface area contributed by atoms with Gasteiger partial charge >= 0.3 is 0 Å². The van der Waals surface area contributed by atoms with Crippen molar-refractivity contribution in [2.45, 2.75) is 20.4 Å². The average molecular weight is 298 g/mol. The Morgan fingerprint density at radius 1 is 1.47 bits per heavy atom. The summed E-state index contributed by atoms with van der Waals surface area (Å²) in [6.45, 7) is 10.4. The number of nitrogens with one attached hydrogen (secondary N) is 1. The number of halogens is 1. The van der Waals surface area contributed by atoms with Crippen LogP contribution in [0.2, 0.25) is 0 Å². The number of hydrogen-bond acceptors (Lipinski definition) is 2. The Labute approximate surface area is 112 Å². The van der Waals surface area contributed by atoms with Gasteiger partial charge in [0.2, 0.25) is 0 Å². The molecule has 1 N–H and O–H groups in total. The van der Waals surface area contributed by atoms with Crippen molar-refractivity contribution < 1.29 is 4.74 Å². The van der Waals surface area contributed by atoms with E-state index in [1.165, 1.54) is 5.56 Å². The second kappa shape index (κ2) is 7.51. The molecule has 0 saturated heterocycles. The van der Waals surface area contributed by atoms with Crippen molar-refractivity contribution in [3.8, 4) is 5.75 Å². The van der Waals surface area contributed by atoms with Crippen LogP contribution < -0.4 is 10.1 Å². The smallest absolute Gasteiger partial charge is 0.120 e. The third-order valence-corrected chi connectivity index (χ3v) is 3.03. The topological polar surface area (TPSA) is 21.3 Å². The van der Waals surface area contributed by atoms with Gasteiger partial charge in [-0.3, -0.25) is 0 Å². The highest BCUT2D eigenvalue weighted by molar-refractivity contribution is 9.10. The van der Waals surface area contributed by atoms with Crippen LogP contribution >= 0.6 is 15.9 Å². The van der Waals surface area contributed by atoms with Gasteiger partial charge in [0, 0.05) is 11.0 Å². The fraction of sp³-hybridized carbons (Fsp3) is 0.429. The van der Waals surface area contributed by atoms with Crippen molar-refractivity contribution in [1.82, 2.24) is 5.32 Å². The minimum absolute atomic E-state index is 0.542. The number of hydrogen-bond donors (Lipinski definition) is 1. The minimum atomic E-state index is 0.542. The molecule has 0 saturated carbocycles. The van der Waals surface area contributed by atoms with Crippen LogP contribution in [0.25, 0.3) is 0 Å². The zero-order valence-electron chi connectivity index (χ0n) is 10.5. The lowest BCUT2D eigenvalue weighted by Gasteiger charge is -2.11. The minimum Gasteiger partial charge on any atom is -0.490 e. The van der Waals surface area contributed by atoms with Crippen LogP contribution in [0.3, 0.4) is 0 Å². The van der Waals surface area contributed by atoms with E-state index in [-0.39, 0.29) is 0 Å². The van der Waals surface area contributed by atoms with Crippen molar-refractivity contribution >= 4 is 15.9 Å². The fourth-order valence-corrected chi connectivity index (χ4v) is 1.81. The highest BCUT2D eigenvalue weighted by atomic mass is 79.9. The molecule has 1 rings (SSSR count). The molecule has 0 atom stereocenters. The maximum Gasteiger partial charge on any atom is 0.120 e. The predicted octanol–water partition coefficient (Wildman–Crippen LogP) is 3.76. The van der Waals surface area contributed by atoms with Gasteiger partial charge in [0.05, 0.1) is 0 Å². The first-order valence-corrected chi connectivity index (χ1v) is 6.65. The lowest BCUT2D eigenvalue weighted by Crippen LogP contribution is -2.19. The van der Waals surface area contributed by atoms with E-state index in [1.807, 2.05) is 12.1 Å². The summed E-state index contributed by atoms with van der Waals surface area (Å²) in [6.07, 6.45) is 1.75. The molecular weight excluding hydrogens is 278 g/mol. The van der Waals surface area contributed by atoms with E-state index in [9.17, 15) is 0 Å². The Hall–Kier alpha value is -0.800. The monoisotopic (exact) mass is 297 g/mol. The summed E-state index contributed by atoms with van der Waals surface area (Å²) in [7, 11) is 0. The summed E-state index contributed by atoms with van der Waals surface area (Å²) in [5, 5.41) is 3.42. The molecule has 0 aliphatic carbocycles. The van der Waals surface area contributed by atoms with Crippen LogP contribution in [0.15, 0.2) is 35.3 Å². The van der Waals surface area contributed by atoms with Gasteiger partial charge in [-0.05, 0) is 36.2 Å². The van der Waals surface area contributed by atoms with E-state index >= 15 is 0 Å². The highest BCUT2D eigenvalue weighted by Gasteiger charge is 2.02. The normalized spacial score (nSPS) is 10.6. The van der Waals surface area contributed by atoms with E-state index < -0.39 is 0 Å². The van der Waals surface area contributed by atoms with Gasteiger partial charge in [-0.15, -0.1) is 0 Å². The van der Waals surface area contributed by atoms with Crippen LogP contribution in [0, 0.1) is 5.92 Å². The number of benzene rings is 1. The van der Waals surface area contributed by atoms with Gasteiger partial charge < -0.3 is 10.1 Å². The van der Waals surface area contributed by atoms with Gasteiger partial charge in [0.1, 0.15) is 12.4 Å². The van der Waals surface area contributed by atoms with E-state index in [1.54, 1.807) is 6.08 Å². The molecule has 0 radical (unpaired) electrons. The molecule has 0 unspecified atom stereocenters. The molecule has 94 valence electrons. The molecule has 0 aromatic heterocycles. The molecule has 1 aromatic carbocycles. The molecule has 0 bridgehead atoms. The quantitative estimate of drug-likeness (QED) is 0.774. The van der Waals surface area contributed by atoms with Crippen LogP contribution in [-0.2, 0) is 6.54 Å². The van der Waals surface area contributed by atoms with Crippen LogP contribution in [-0.4, -0.2) is 13.2 Å². The Bertz CT molecular complexity index is 363. The molecule has 0 aliphatic rings. The maximum atomic E-state index is 5.51. The van der Waals surface area contributed by atoms with Gasteiger partial charge in [-0.2, -0.15) is 0 Å². The van der Waals surface area contributed by atoms with E-state index in [0.29, 0.717) is 12.5 Å². The first kappa shape index (κ1) is 14.3. The zero-order chi connectivity index (χ0) is 12.7. The largest absolute Gasteiger partial charge is 0.490 e. The SMILES string of the molecule is C=CCOc1ccc(Br)c(CNCC(C)C)c1. The number of rotatable bonds is 7. The molecule has 3 heteroatoms. The molecular formula is C14H20BrNO. The van der Waals surface area contributed by atoms with Crippen molar-refractivity contribution in [3.05, 3.63) is 40.9 Å². The molecule has 0 amide bonds. The van der Waals surface area contributed by atoms with Crippen molar-refractivity contribution in [3.63, 3.8) is 0 Å². The lowest BCUT2D eigenvalue weighted by atomic mass is 10.2. The summed E-state index contributed by atoms with van der Waals surface area (Å²) in [5.74, 6) is 1.54. The van der Waals surface area contributed by atoms with E-state index in [4.69, 9.17) is 4.74 Å². The average Bonchev–Trinajstić information content (AvgIpc) is 2.29. The van der Waals surface area contributed by atoms with E-state index in [2.05, 4.69) is 47.7 Å². The van der Waals surface area contributed by atoms with Gasteiger partial charge in [0.25, 0.3) is 0 Å². The fourth-order valence-electron chi connectivity index (χ4n) is 1.43. The molecule has 0 fully saturated rings. The summed E-state index contributed by atoms with van der Waals surface area (Å²) in [6, 6.07) is 6.03. The van der Waals surface area contributed by atoms with Crippen molar-refractivity contribution in [2.75, 3.05) is 13.2 Å². The lowest BCUT2D eigenvalue weighted by molar-refractivity contribution is 0.362. The summed E-state index contributed by atoms with van der Waals surface area (Å²) in [4.78, 5) is 0. The Balaban J connectivity index is 2.59. The third-order valence-electron chi connectivity index (χ3n) is 2.25. The second-order valence-electron chi connectivity index (χ2n) is 4.38. The molecule has 2 nitrogen and oxygen atoms in total. The van der Waals surface area contributed by atoms with Crippen LogP contribution in [0.5, 0.6) is 5.75 Å². The molecule has 1 aromatic rings. The zero-order valence-corrected chi connectivity index (χ0v) is 12.1. The second-order valence-corrected chi connectivity index (χ2v) is 5.23. The maximum absolute atomic E-state index is 5.51. The van der Waals surface area contributed by atoms with Gasteiger partial charge in [-0.25, -0.2) is 0 Å². The third kappa shape index (κ3) is 5.37. The Morgan fingerprint density at radius 2 is 2.24 bits per heavy atom. The van der Waals surface area contributed by atoms with Crippen molar-refractivity contribution in [1.29, 1.82) is 0 Å². The molecule has 0 heterocycles. The molecule has 0 spiro atoms. The van der Waals surface area contributed by atoms with Gasteiger partial charge in [-0.1, -0.05) is 42.4 Å². The predicted molar refractivity (Wildman–Crippen MR) is 76.4 cm³/mol. The first-order valence-electron chi connectivity index (χ1n) is 5.86. The summed E-state index contributed by atoms with van der Waals surface area (Å²) in [5.41, 5.74) is 1.22. The highest BCUT2D eigenvalue weighted by Crippen LogP contribution is 2.22. The first-order chi connectivity index (χ1) is 8.13. The van der Waals surface area contributed by atoms with E-state index in [0.717, 1.165) is 23.3 Å². The van der Waals surface area contributed by atoms with Crippen LogP contribution in [0.4, 0.5) is 0 Å². The van der Waals surface area contributed by atoms with Crippen LogP contribution in [0.1, 0.15) is 19.4 Å². The Kier molecular flexibility index (Phi) is 6.30. The Morgan fingerprint density at radius 3 is 2.88 bits per heavy atom. The molecule has 17 heavy (non-hydrogen) atoms. The van der Waals surface area contributed by atoms with Gasteiger partial charge in [0.15, 0.2) is 0 Å².